The van der Waals surface area contributed by atoms with E-state index < -0.39 is 0 Å². The first kappa shape index (κ1) is 26.7. The van der Waals surface area contributed by atoms with Gasteiger partial charge in [-0.3, -0.25) is 14.6 Å². The minimum atomic E-state index is -0.248. The molecule has 0 atom stereocenters. The Kier molecular flexibility index (Phi) is 7.82. The number of ether oxygens (including phenoxy) is 4. The van der Waals surface area contributed by atoms with Gasteiger partial charge in [0.25, 0.3) is 11.9 Å². The van der Waals surface area contributed by atoms with Crippen molar-refractivity contribution >= 4 is 40.7 Å². The number of anilines is 2. The fourth-order valence-electron chi connectivity index (χ4n) is 4.63. The molecule has 5 rings (SSSR count). The van der Waals surface area contributed by atoms with Crippen LogP contribution in [0.2, 0.25) is 5.02 Å². The van der Waals surface area contributed by atoms with Crippen molar-refractivity contribution in [3.8, 4) is 17.2 Å². The van der Waals surface area contributed by atoms with Crippen molar-refractivity contribution in [3.05, 3.63) is 58.2 Å². The maximum Gasteiger partial charge on any atom is 0.278 e. The largest absolute Gasteiger partial charge is 0.493 e. The van der Waals surface area contributed by atoms with Crippen LogP contribution in [0.5, 0.6) is 17.2 Å². The van der Waals surface area contributed by atoms with Crippen LogP contribution in [0.3, 0.4) is 0 Å². The van der Waals surface area contributed by atoms with Gasteiger partial charge >= 0.3 is 0 Å². The first-order valence-electron chi connectivity index (χ1n) is 12.3. The van der Waals surface area contributed by atoms with Crippen LogP contribution in [0.4, 0.5) is 17.5 Å². The van der Waals surface area contributed by atoms with Crippen LogP contribution in [0.15, 0.2) is 41.5 Å². The summed E-state index contributed by atoms with van der Waals surface area (Å²) in [6, 6.07) is 9.00. The maximum absolute atomic E-state index is 13.5. The second kappa shape index (κ2) is 11.4. The second-order valence-corrected chi connectivity index (χ2v) is 9.45. The number of carbonyl (C=O) groups is 1. The van der Waals surface area contributed by atoms with Gasteiger partial charge in [-0.25, -0.2) is 9.98 Å². The molecule has 2 aliphatic heterocycles. The quantitative estimate of drug-likeness (QED) is 0.449. The molecule has 2 aromatic carbocycles. The van der Waals surface area contributed by atoms with E-state index in [4.69, 9.17) is 36.3 Å². The van der Waals surface area contributed by atoms with E-state index in [1.165, 1.54) is 0 Å². The average Bonchev–Trinajstić information content (AvgIpc) is 3.19. The Morgan fingerprint density at radius 3 is 2.44 bits per heavy atom. The number of nitrogens with two attached hydrogens (primary N) is 1. The summed E-state index contributed by atoms with van der Waals surface area (Å²) < 4.78 is 21.7. The van der Waals surface area contributed by atoms with Crippen molar-refractivity contribution in [2.24, 2.45) is 4.99 Å². The summed E-state index contributed by atoms with van der Waals surface area (Å²) in [6.07, 6.45) is 2.03. The highest BCUT2D eigenvalue weighted by Crippen LogP contribution is 2.39. The van der Waals surface area contributed by atoms with Gasteiger partial charge in [-0.05, 0) is 35.9 Å². The molecule has 11 nitrogen and oxygen atoms in total. The molecule has 3 aromatic rings. The Hall–Kier alpha value is -3.93. The number of hydrogen-bond acceptors (Lipinski definition) is 10. The molecule has 0 aliphatic carbocycles. The zero-order chi connectivity index (χ0) is 27.5. The third-order valence-corrected chi connectivity index (χ3v) is 6.85. The molecule has 1 amide bonds. The highest BCUT2D eigenvalue weighted by Gasteiger charge is 2.35. The summed E-state index contributed by atoms with van der Waals surface area (Å²) >= 11 is 6.28. The van der Waals surface area contributed by atoms with Crippen LogP contribution >= 0.6 is 11.6 Å². The normalized spacial score (nSPS) is 16.5. The molecular weight excluding hydrogens is 524 g/mol. The summed E-state index contributed by atoms with van der Waals surface area (Å²) in [5.74, 6) is 1.66. The molecule has 3 heterocycles. The number of aliphatic imine (C=N–C) groups is 1. The third-order valence-electron chi connectivity index (χ3n) is 6.61. The van der Waals surface area contributed by atoms with Crippen molar-refractivity contribution in [1.82, 2.24) is 14.9 Å². The second-order valence-electron chi connectivity index (χ2n) is 9.02. The van der Waals surface area contributed by atoms with E-state index in [0.717, 1.165) is 24.3 Å². The van der Waals surface area contributed by atoms with E-state index in [2.05, 4.69) is 19.9 Å². The minimum Gasteiger partial charge on any atom is -0.493 e. The Morgan fingerprint density at radius 1 is 1.08 bits per heavy atom. The van der Waals surface area contributed by atoms with Gasteiger partial charge in [0.1, 0.15) is 11.5 Å². The van der Waals surface area contributed by atoms with Crippen molar-refractivity contribution in [1.29, 1.82) is 0 Å². The lowest BCUT2D eigenvalue weighted by molar-refractivity contribution is -0.112. The van der Waals surface area contributed by atoms with E-state index >= 15 is 0 Å². The lowest BCUT2D eigenvalue weighted by Crippen LogP contribution is -2.45. The highest BCUT2D eigenvalue weighted by molar-refractivity contribution is 6.55. The van der Waals surface area contributed by atoms with E-state index in [9.17, 15) is 4.79 Å². The summed E-state index contributed by atoms with van der Waals surface area (Å²) in [7, 11) is 4.67. The SMILES string of the molecule is COc1cc(Cc2cnc(/N=C3\C(=O)N(CN4CCOCC4)c4ccc(Cl)cc43)nc2N)cc(OC)c1OC. The van der Waals surface area contributed by atoms with Gasteiger partial charge < -0.3 is 24.7 Å². The molecule has 0 bridgehead atoms. The predicted molar refractivity (Wildman–Crippen MR) is 148 cm³/mol. The fraction of sp³-hybridized carbons (Fsp3) is 0.333. The van der Waals surface area contributed by atoms with Crippen LogP contribution < -0.4 is 24.8 Å². The zero-order valence-electron chi connectivity index (χ0n) is 21.9. The van der Waals surface area contributed by atoms with Gasteiger partial charge in [0.15, 0.2) is 11.5 Å². The molecule has 39 heavy (non-hydrogen) atoms. The number of aromatic nitrogens is 2. The van der Waals surface area contributed by atoms with Crippen molar-refractivity contribution < 1.29 is 23.7 Å². The van der Waals surface area contributed by atoms with Crippen molar-refractivity contribution in [2.45, 2.75) is 6.42 Å². The van der Waals surface area contributed by atoms with Crippen LogP contribution in [0, 0.1) is 0 Å². The number of methoxy groups -OCH3 is 3. The maximum atomic E-state index is 13.5. The van der Waals surface area contributed by atoms with Gasteiger partial charge in [0.2, 0.25) is 5.75 Å². The lowest BCUT2D eigenvalue weighted by atomic mass is 10.1. The summed E-state index contributed by atoms with van der Waals surface area (Å²) in [4.78, 5) is 30.6. The first-order valence-corrected chi connectivity index (χ1v) is 12.7. The van der Waals surface area contributed by atoms with Crippen LogP contribution in [-0.4, -0.2) is 80.8 Å². The molecule has 2 N–H and O–H groups in total. The molecule has 204 valence electrons. The van der Waals surface area contributed by atoms with E-state index in [1.54, 1.807) is 44.6 Å². The number of hydrogen-bond donors (Lipinski definition) is 1. The molecular formula is C27H29ClN6O5. The lowest BCUT2D eigenvalue weighted by Gasteiger charge is -2.30. The minimum absolute atomic E-state index is 0.0867. The number of halogens is 1. The van der Waals surface area contributed by atoms with Gasteiger partial charge in [-0.1, -0.05) is 11.6 Å². The zero-order valence-corrected chi connectivity index (χ0v) is 22.7. The smallest absolute Gasteiger partial charge is 0.278 e. The molecule has 12 heteroatoms. The number of nitrogen functional groups attached to an aromatic ring is 1. The molecule has 0 unspecified atom stereocenters. The molecule has 2 aliphatic rings. The van der Waals surface area contributed by atoms with Gasteiger partial charge in [0, 0.05) is 41.9 Å². The van der Waals surface area contributed by atoms with Crippen molar-refractivity contribution in [2.75, 3.05) is 64.9 Å². The summed E-state index contributed by atoms with van der Waals surface area (Å²) in [6.45, 7) is 3.17. The molecule has 1 saturated heterocycles. The Labute approximate surface area is 231 Å². The molecule has 1 fully saturated rings. The predicted octanol–water partition coefficient (Wildman–Crippen LogP) is 3.09. The van der Waals surface area contributed by atoms with Crippen molar-refractivity contribution in [3.63, 3.8) is 0 Å². The molecule has 0 saturated carbocycles. The number of benzene rings is 2. The topological polar surface area (TPSA) is 125 Å². The number of rotatable bonds is 8. The Morgan fingerprint density at radius 2 is 1.79 bits per heavy atom. The number of amides is 1. The Bertz CT molecular complexity index is 1400. The van der Waals surface area contributed by atoms with Crippen LogP contribution in [0.1, 0.15) is 16.7 Å². The number of morpholine rings is 1. The van der Waals surface area contributed by atoms with Gasteiger partial charge in [-0.15, -0.1) is 0 Å². The van der Waals surface area contributed by atoms with E-state index in [0.29, 0.717) is 59.7 Å². The van der Waals surface area contributed by atoms with Crippen LogP contribution in [0.25, 0.3) is 0 Å². The monoisotopic (exact) mass is 552 g/mol. The first-order chi connectivity index (χ1) is 18.9. The average molecular weight is 553 g/mol. The molecule has 1 aromatic heterocycles. The fourth-order valence-corrected chi connectivity index (χ4v) is 4.81. The van der Waals surface area contributed by atoms with Gasteiger partial charge in [0.05, 0.1) is 46.9 Å². The number of carbonyl (C=O) groups excluding carboxylic acids is 1. The standard InChI is InChI=1S/C27H29ClN6O5/c1-36-21-11-16(12-22(37-2)24(21)38-3)10-17-14-30-27(32-25(17)29)31-23-19-13-18(28)4-5-20(19)34(26(23)35)15-33-6-8-39-9-7-33/h4-5,11-14H,6-10,15H2,1-3H3,(H2,29,30,32)/b31-23-. The summed E-state index contributed by atoms with van der Waals surface area (Å²) in [5.41, 5.74) is 9.44. The summed E-state index contributed by atoms with van der Waals surface area (Å²) in [5, 5.41) is 0.503. The van der Waals surface area contributed by atoms with Gasteiger partial charge in [-0.2, -0.15) is 4.98 Å². The van der Waals surface area contributed by atoms with E-state index in [1.807, 2.05) is 18.2 Å². The number of fused-ring (bicyclic) bond motifs is 1. The molecule has 0 spiro atoms. The number of nitrogens with zero attached hydrogens (tertiary/aromatic N) is 5. The third kappa shape index (κ3) is 5.47. The Balaban J connectivity index is 1.42. The van der Waals surface area contributed by atoms with E-state index in [-0.39, 0.29) is 23.4 Å². The highest BCUT2D eigenvalue weighted by atomic mass is 35.5. The van der Waals surface area contributed by atoms with Crippen LogP contribution in [-0.2, 0) is 16.0 Å². The molecule has 0 radical (unpaired) electrons.